The van der Waals surface area contributed by atoms with E-state index in [1.807, 2.05) is 61.3 Å². The van der Waals surface area contributed by atoms with E-state index < -0.39 is 7.67 Å². The van der Waals surface area contributed by atoms with Gasteiger partial charge in [-0.05, 0) is 11.6 Å². The van der Waals surface area contributed by atoms with Crippen molar-refractivity contribution < 1.29 is 13.5 Å². The summed E-state index contributed by atoms with van der Waals surface area (Å²) < 4.78 is 29.2. The van der Waals surface area contributed by atoms with Gasteiger partial charge < -0.3 is 8.94 Å². The maximum absolute atomic E-state index is 13.8. The molecule has 1 heterocycles. The van der Waals surface area contributed by atoms with Crippen molar-refractivity contribution in [1.29, 1.82) is 0 Å². The molecule has 0 N–H and O–H groups in total. The highest BCUT2D eigenvalue weighted by Crippen LogP contribution is 2.54. The molecule has 0 fully saturated rings. The van der Waals surface area contributed by atoms with E-state index in [0.29, 0.717) is 38.5 Å². The molecule has 6 heteroatoms. The molecule has 138 valence electrons. The third-order valence-electron chi connectivity index (χ3n) is 4.32. The summed E-state index contributed by atoms with van der Waals surface area (Å²) in [4.78, 5) is 0. The third-order valence-corrected chi connectivity index (χ3v) is 7.29. The van der Waals surface area contributed by atoms with Crippen LogP contribution in [-0.4, -0.2) is 35.5 Å². The molecule has 2 rings (SSSR count). The average molecular weight is 364 g/mol. The summed E-state index contributed by atoms with van der Waals surface area (Å²) in [6.07, 6.45) is 2.28. The van der Waals surface area contributed by atoms with Gasteiger partial charge in [-0.2, -0.15) is 0 Å². The van der Waals surface area contributed by atoms with Gasteiger partial charge in [0.15, 0.2) is 0 Å². The van der Waals surface area contributed by atoms with Crippen LogP contribution in [0.5, 0.6) is 5.95 Å². The lowest BCUT2D eigenvalue weighted by atomic mass is 10.1. The maximum atomic E-state index is 13.8. The Hall–Kier alpha value is -1.55. The summed E-state index contributed by atoms with van der Waals surface area (Å²) in [5, 5.41) is 0. The van der Waals surface area contributed by atoms with Crippen LogP contribution in [-0.2, 0) is 11.0 Å². The van der Waals surface area contributed by atoms with E-state index in [0.717, 1.165) is 11.1 Å². The predicted molar refractivity (Wildman–Crippen MR) is 102 cm³/mol. The summed E-state index contributed by atoms with van der Waals surface area (Å²) >= 11 is 0. The monoisotopic (exact) mass is 364 g/mol. The van der Waals surface area contributed by atoms with Crippen molar-refractivity contribution in [1.82, 2.24) is 9.34 Å². The number of hydrogen-bond acceptors (Lipinski definition) is 3. The van der Waals surface area contributed by atoms with Crippen molar-refractivity contribution >= 4 is 7.67 Å². The van der Waals surface area contributed by atoms with E-state index in [1.54, 1.807) is 6.26 Å². The Labute approximate surface area is 151 Å². The van der Waals surface area contributed by atoms with E-state index >= 15 is 0 Å². The molecule has 0 amide bonds. The largest absolute Gasteiger partial charge is 0.434 e. The van der Waals surface area contributed by atoms with Crippen LogP contribution >= 0.6 is 7.67 Å². The molecule has 0 spiro atoms. The van der Waals surface area contributed by atoms with E-state index in [-0.39, 0.29) is 0 Å². The van der Waals surface area contributed by atoms with E-state index in [4.69, 9.17) is 8.94 Å². The Morgan fingerprint density at radius 3 is 2.00 bits per heavy atom. The molecule has 2 aromatic rings. The molecule has 0 saturated heterocycles. The molecule has 1 aromatic heterocycles. The molecule has 5 nitrogen and oxygen atoms in total. The molecule has 0 aliphatic heterocycles. The summed E-state index contributed by atoms with van der Waals surface area (Å²) in [6.45, 7) is 10.6. The number of benzene rings is 1. The minimum atomic E-state index is -3.19. The zero-order valence-electron chi connectivity index (χ0n) is 15.6. The fourth-order valence-corrected chi connectivity index (χ4v) is 5.31. The molecule has 1 aromatic carbocycles. The summed E-state index contributed by atoms with van der Waals surface area (Å²) in [5.74, 6) is 0.353. The van der Waals surface area contributed by atoms with Gasteiger partial charge in [-0.15, -0.1) is 0 Å². The minimum Gasteiger partial charge on any atom is -0.434 e. The van der Waals surface area contributed by atoms with Crippen LogP contribution in [0.15, 0.2) is 47.1 Å². The molecule has 0 atom stereocenters. The molecule has 25 heavy (non-hydrogen) atoms. The van der Waals surface area contributed by atoms with Crippen LogP contribution in [0, 0.1) is 0 Å². The van der Waals surface area contributed by atoms with Gasteiger partial charge in [0.1, 0.15) is 0 Å². The van der Waals surface area contributed by atoms with Crippen molar-refractivity contribution in [3.05, 3.63) is 53.8 Å². The van der Waals surface area contributed by atoms with Crippen LogP contribution < -0.4 is 4.52 Å². The molecule has 0 aliphatic carbocycles. The van der Waals surface area contributed by atoms with Crippen molar-refractivity contribution in [3.63, 3.8) is 0 Å². The van der Waals surface area contributed by atoms with Crippen LogP contribution in [0.3, 0.4) is 0 Å². The molecule has 0 saturated carbocycles. The van der Waals surface area contributed by atoms with Crippen molar-refractivity contribution in [2.75, 3.05) is 26.2 Å². The first-order valence-electron chi connectivity index (χ1n) is 8.99. The molecule has 0 radical (unpaired) electrons. The topological polar surface area (TPSA) is 45.9 Å². The zero-order chi connectivity index (χ0) is 18.3. The fourth-order valence-electron chi connectivity index (χ4n) is 2.91. The zero-order valence-corrected chi connectivity index (χ0v) is 16.5. The lowest BCUT2D eigenvalue weighted by Crippen LogP contribution is -2.34. The van der Waals surface area contributed by atoms with Gasteiger partial charge >= 0.3 is 7.67 Å². The quantitative estimate of drug-likeness (QED) is 0.553. The fraction of sp³-hybridized carbons (Fsp3) is 0.474. The van der Waals surface area contributed by atoms with Crippen molar-refractivity contribution in [3.8, 4) is 5.95 Å². The van der Waals surface area contributed by atoms with E-state index in [1.165, 1.54) is 0 Å². The summed E-state index contributed by atoms with van der Waals surface area (Å²) in [6, 6.07) is 12.0. The Morgan fingerprint density at radius 1 is 0.920 bits per heavy atom. The SMILES string of the molecule is CCN(CC)P(=O)(Oc1occc1Cc1ccccc1)N(CC)CC. The highest BCUT2D eigenvalue weighted by molar-refractivity contribution is 7.54. The number of furan rings is 1. The summed E-state index contributed by atoms with van der Waals surface area (Å²) in [7, 11) is -3.19. The van der Waals surface area contributed by atoms with Gasteiger partial charge in [-0.1, -0.05) is 58.0 Å². The Balaban J connectivity index is 2.31. The highest BCUT2D eigenvalue weighted by atomic mass is 31.2. The van der Waals surface area contributed by atoms with E-state index in [9.17, 15) is 4.57 Å². The molecular formula is C19H29N2O3P. The molecule has 0 unspecified atom stereocenters. The van der Waals surface area contributed by atoms with Crippen LogP contribution in [0.25, 0.3) is 0 Å². The van der Waals surface area contributed by atoms with Crippen molar-refractivity contribution in [2.45, 2.75) is 34.1 Å². The van der Waals surface area contributed by atoms with E-state index in [2.05, 4.69) is 12.1 Å². The Bertz CT molecular complexity index is 663. The smallest absolute Gasteiger partial charge is 0.397 e. The number of nitrogens with zero attached hydrogens (tertiary/aromatic N) is 2. The van der Waals surface area contributed by atoms with Gasteiger partial charge in [-0.25, -0.2) is 13.9 Å². The molecule has 0 aliphatic rings. The Kier molecular flexibility index (Phi) is 7.30. The van der Waals surface area contributed by atoms with Crippen molar-refractivity contribution in [2.24, 2.45) is 0 Å². The highest BCUT2D eigenvalue weighted by Gasteiger charge is 2.38. The Morgan fingerprint density at radius 2 is 1.48 bits per heavy atom. The second-order valence-corrected chi connectivity index (χ2v) is 8.05. The van der Waals surface area contributed by atoms with Gasteiger partial charge in [0.25, 0.3) is 5.95 Å². The minimum absolute atomic E-state index is 0.353. The first-order chi connectivity index (χ1) is 12.1. The summed E-state index contributed by atoms with van der Waals surface area (Å²) in [5.41, 5.74) is 2.07. The van der Waals surface area contributed by atoms with Crippen LogP contribution in [0.4, 0.5) is 0 Å². The lowest BCUT2D eigenvalue weighted by molar-refractivity contribution is 0.265. The van der Waals surface area contributed by atoms with Crippen LogP contribution in [0.1, 0.15) is 38.8 Å². The second-order valence-electron chi connectivity index (χ2n) is 5.76. The van der Waals surface area contributed by atoms with Gasteiger partial charge in [0.05, 0.1) is 6.26 Å². The second kappa shape index (κ2) is 9.23. The normalized spacial score (nSPS) is 12.1. The number of hydrogen-bond donors (Lipinski definition) is 0. The average Bonchev–Trinajstić information content (AvgIpc) is 3.04. The molecule has 0 bridgehead atoms. The first-order valence-corrected chi connectivity index (χ1v) is 10.5. The van der Waals surface area contributed by atoms with Gasteiger partial charge in [-0.3, -0.25) is 0 Å². The van der Waals surface area contributed by atoms with Gasteiger partial charge in [0.2, 0.25) is 0 Å². The third kappa shape index (κ3) is 4.55. The van der Waals surface area contributed by atoms with Gasteiger partial charge in [0, 0.05) is 38.2 Å². The first kappa shape index (κ1) is 19.8. The molecular weight excluding hydrogens is 335 g/mol. The predicted octanol–water partition coefficient (Wildman–Crippen LogP) is 5.04. The lowest BCUT2D eigenvalue weighted by Gasteiger charge is -2.35. The number of rotatable bonds is 10. The maximum Gasteiger partial charge on any atom is 0.397 e. The standard InChI is InChI=1S/C19H29N2O3P/c1-5-20(6-2)25(22,21(7-3)8-4)24-19-18(14-15-23-19)16-17-12-10-9-11-13-17/h9-15H,5-8,16H2,1-4H3. The van der Waals surface area contributed by atoms with Crippen LogP contribution in [0.2, 0.25) is 0 Å².